The molecule has 1 N–H and O–H groups in total. The van der Waals surface area contributed by atoms with Gasteiger partial charge in [-0.3, -0.25) is 4.40 Å². The van der Waals surface area contributed by atoms with Gasteiger partial charge in [0.25, 0.3) is 0 Å². The van der Waals surface area contributed by atoms with E-state index in [0.717, 1.165) is 29.7 Å². The lowest BCUT2D eigenvalue weighted by Gasteiger charge is -2.15. The summed E-state index contributed by atoms with van der Waals surface area (Å²) in [5.74, 6) is -0.834. The van der Waals surface area contributed by atoms with Gasteiger partial charge < -0.3 is 5.32 Å². The molecule has 0 amide bonds. The van der Waals surface area contributed by atoms with Crippen molar-refractivity contribution in [3.05, 3.63) is 87.9 Å². The number of nitrogens with zero attached hydrogens (tertiary/aromatic N) is 2. The van der Waals surface area contributed by atoms with Crippen molar-refractivity contribution in [1.29, 1.82) is 0 Å². The molecule has 0 spiro atoms. The van der Waals surface area contributed by atoms with Gasteiger partial charge in [-0.15, -0.1) is 11.3 Å². The molecular formula is C24H18ClF2N3S. The Morgan fingerprint density at radius 3 is 2.61 bits per heavy atom. The van der Waals surface area contributed by atoms with Gasteiger partial charge in [0.2, 0.25) is 0 Å². The number of thiazole rings is 1. The maximum atomic E-state index is 14.7. The van der Waals surface area contributed by atoms with Crippen LogP contribution in [0.15, 0.2) is 60.0 Å². The molecule has 0 atom stereocenters. The van der Waals surface area contributed by atoms with E-state index in [1.807, 2.05) is 34.9 Å². The first-order valence-corrected chi connectivity index (χ1v) is 11.1. The highest BCUT2D eigenvalue weighted by Gasteiger charge is 2.25. The molecule has 2 aromatic carbocycles. The lowest BCUT2D eigenvalue weighted by molar-refractivity contribution is 0.589. The molecular weight excluding hydrogens is 436 g/mol. The lowest BCUT2D eigenvalue weighted by Crippen LogP contribution is -2.03. The third-order valence-corrected chi connectivity index (χ3v) is 6.51. The smallest absolute Gasteiger partial charge is 0.196 e. The van der Waals surface area contributed by atoms with E-state index in [0.29, 0.717) is 21.5 Å². The Labute approximate surface area is 187 Å². The van der Waals surface area contributed by atoms with Crippen LogP contribution in [-0.4, -0.2) is 9.38 Å². The van der Waals surface area contributed by atoms with Crippen LogP contribution in [-0.2, 0) is 0 Å². The quantitative estimate of drug-likeness (QED) is 0.342. The number of rotatable bonds is 4. The number of hydrogen-bond acceptors (Lipinski definition) is 3. The number of allylic oxidation sites excluding steroid dienone is 4. The van der Waals surface area contributed by atoms with Crippen molar-refractivity contribution in [1.82, 2.24) is 9.38 Å². The molecule has 31 heavy (non-hydrogen) atoms. The molecule has 1 aliphatic carbocycles. The van der Waals surface area contributed by atoms with Crippen molar-refractivity contribution < 1.29 is 8.78 Å². The third kappa shape index (κ3) is 3.46. The number of halogens is 3. The van der Waals surface area contributed by atoms with Crippen LogP contribution in [0, 0.1) is 18.6 Å². The summed E-state index contributed by atoms with van der Waals surface area (Å²) >= 11 is 7.90. The van der Waals surface area contributed by atoms with E-state index in [2.05, 4.69) is 22.5 Å². The van der Waals surface area contributed by atoms with Crippen molar-refractivity contribution in [2.24, 2.45) is 0 Å². The van der Waals surface area contributed by atoms with E-state index in [-0.39, 0.29) is 11.3 Å². The highest BCUT2D eigenvalue weighted by Crippen LogP contribution is 2.40. The number of para-hydroxylation sites is 1. The largest absolute Gasteiger partial charge is 0.338 e. The minimum atomic E-state index is -0.661. The Morgan fingerprint density at radius 1 is 1.13 bits per heavy atom. The molecule has 156 valence electrons. The van der Waals surface area contributed by atoms with Gasteiger partial charge in [0.05, 0.1) is 22.0 Å². The zero-order valence-electron chi connectivity index (χ0n) is 16.6. The van der Waals surface area contributed by atoms with Crippen molar-refractivity contribution in [2.75, 3.05) is 5.32 Å². The van der Waals surface area contributed by atoms with Crippen LogP contribution in [0.3, 0.4) is 0 Å². The van der Waals surface area contributed by atoms with Gasteiger partial charge in [0, 0.05) is 5.38 Å². The monoisotopic (exact) mass is 453 g/mol. The SMILES string of the molecule is Cc1cccc(Cl)c1Nc1c(-c2c(F)cccc2F)nc2scc(C3=CC=CCC3)n12. The Balaban J connectivity index is 1.80. The van der Waals surface area contributed by atoms with Crippen molar-refractivity contribution in [3.63, 3.8) is 0 Å². The molecule has 5 rings (SSSR count). The third-order valence-electron chi connectivity index (χ3n) is 5.37. The number of fused-ring (bicyclic) bond motifs is 1. The van der Waals surface area contributed by atoms with E-state index < -0.39 is 11.6 Å². The number of aromatic nitrogens is 2. The molecule has 1 aliphatic rings. The Morgan fingerprint density at radius 2 is 1.90 bits per heavy atom. The van der Waals surface area contributed by atoms with E-state index in [1.54, 1.807) is 6.07 Å². The lowest BCUT2D eigenvalue weighted by atomic mass is 10.0. The first-order valence-electron chi connectivity index (χ1n) is 9.87. The predicted molar refractivity (Wildman–Crippen MR) is 124 cm³/mol. The second kappa shape index (κ2) is 7.94. The second-order valence-electron chi connectivity index (χ2n) is 7.36. The fraction of sp³-hybridized carbons (Fsp3) is 0.125. The molecule has 3 nitrogen and oxygen atoms in total. The van der Waals surface area contributed by atoms with Crippen LogP contribution >= 0.6 is 22.9 Å². The van der Waals surface area contributed by atoms with Gasteiger partial charge in [-0.25, -0.2) is 13.8 Å². The Hall–Kier alpha value is -2.96. The molecule has 7 heteroatoms. The molecule has 0 bridgehead atoms. The summed E-state index contributed by atoms with van der Waals surface area (Å²) in [6.07, 6.45) is 8.04. The number of benzene rings is 2. The summed E-state index contributed by atoms with van der Waals surface area (Å²) in [5.41, 5.74) is 3.75. The van der Waals surface area contributed by atoms with Gasteiger partial charge in [0.1, 0.15) is 23.1 Å². The summed E-state index contributed by atoms with van der Waals surface area (Å²) in [7, 11) is 0. The number of aryl methyl sites for hydroxylation is 1. The summed E-state index contributed by atoms with van der Waals surface area (Å²) in [6.45, 7) is 1.93. The molecule has 0 saturated heterocycles. The Kier molecular flexibility index (Phi) is 5.12. The molecule has 2 aromatic heterocycles. The summed E-state index contributed by atoms with van der Waals surface area (Å²) in [5, 5.41) is 5.89. The predicted octanol–water partition coefficient (Wildman–Crippen LogP) is 7.78. The van der Waals surface area contributed by atoms with E-state index in [4.69, 9.17) is 11.6 Å². The van der Waals surface area contributed by atoms with Crippen LogP contribution in [0.5, 0.6) is 0 Å². The van der Waals surface area contributed by atoms with Crippen LogP contribution in [0.2, 0.25) is 5.02 Å². The number of anilines is 2. The van der Waals surface area contributed by atoms with Crippen molar-refractivity contribution in [3.8, 4) is 11.3 Å². The van der Waals surface area contributed by atoms with Gasteiger partial charge in [-0.05, 0) is 49.1 Å². The van der Waals surface area contributed by atoms with Gasteiger partial charge >= 0.3 is 0 Å². The van der Waals surface area contributed by atoms with Gasteiger partial charge in [-0.2, -0.15) is 0 Å². The highest BCUT2D eigenvalue weighted by molar-refractivity contribution is 7.15. The molecule has 0 fully saturated rings. The first-order chi connectivity index (χ1) is 15.0. The molecule has 0 radical (unpaired) electrons. The molecule has 0 aliphatic heterocycles. The normalized spacial score (nSPS) is 13.6. The number of hydrogen-bond donors (Lipinski definition) is 1. The summed E-state index contributed by atoms with van der Waals surface area (Å²) in [6, 6.07) is 9.40. The van der Waals surface area contributed by atoms with E-state index >= 15 is 0 Å². The fourth-order valence-electron chi connectivity index (χ4n) is 3.82. The number of imidazole rings is 1. The minimum Gasteiger partial charge on any atom is -0.338 e. The molecule has 2 heterocycles. The second-order valence-corrected chi connectivity index (χ2v) is 8.60. The molecule has 0 saturated carbocycles. The van der Waals surface area contributed by atoms with Gasteiger partial charge in [-0.1, -0.05) is 48.0 Å². The van der Waals surface area contributed by atoms with E-state index in [1.165, 1.54) is 29.5 Å². The van der Waals surface area contributed by atoms with Crippen LogP contribution in [0.4, 0.5) is 20.3 Å². The maximum absolute atomic E-state index is 14.7. The van der Waals surface area contributed by atoms with E-state index in [9.17, 15) is 8.78 Å². The highest BCUT2D eigenvalue weighted by atomic mass is 35.5. The Bertz CT molecular complexity index is 1330. The summed E-state index contributed by atoms with van der Waals surface area (Å²) in [4.78, 5) is 5.27. The standard InChI is InChI=1S/C24H18ClF2N3S/c1-14-7-5-10-16(25)21(14)28-23-22(20-17(26)11-6-12-18(20)27)29-24-30(23)19(13-31-24)15-8-3-2-4-9-15/h2-3,5-8,10-13,28H,4,9H2,1H3. The fourth-order valence-corrected chi connectivity index (χ4v) is 5.00. The van der Waals surface area contributed by atoms with Crippen molar-refractivity contribution >= 4 is 45.0 Å². The zero-order chi connectivity index (χ0) is 21.5. The zero-order valence-corrected chi connectivity index (χ0v) is 18.2. The van der Waals surface area contributed by atoms with Crippen LogP contribution in [0.25, 0.3) is 21.8 Å². The minimum absolute atomic E-state index is 0.158. The van der Waals surface area contributed by atoms with Crippen LogP contribution in [0.1, 0.15) is 24.1 Å². The van der Waals surface area contributed by atoms with Crippen LogP contribution < -0.4 is 5.32 Å². The van der Waals surface area contributed by atoms with Crippen molar-refractivity contribution in [2.45, 2.75) is 19.8 Å². The summed E-state index contributed by atoms with van der Waals surface area (Å²) < 4.78 is 31.4. The first kappa shape index (κ1) is 20.0. The average molecular weight is 454 g/mol. The average Bonchev–Trinajstić information content (AvgIpc) is 3.31. The number of nitrogens with one attached hydrogen (secondary N) is 1. The van der Waals surface area contributed by atoms with Gasteiger partial charge in [0.15, 0.2) is 4.96 Å². The topological polar surface area (TPSA) is 29.3 Å². The molecule has 0 unspecified atom stereocenters. The molecule has 4 aromatic rings. The maximum Gasteiger partial charge on any atom is 0.196 e.